The number of ether oxygens (including phenoxy) is 1. The fourth-order valence-electron chi connectivity index (χ4n) is 1.74. The van der Waals surface area contributed by atoms with Crippen molar-refractivity contribution < 1.29 is 18.7 Å². The molecule has 1 aromatic carbocycles. The van der Waals surface area contributed by atoms with E-state index in [4.69, 9.17) is 5.73 Å². The zero-order chi connectivity index (χ0) is 15.1. The normalized spacial score (nSPS) is 13.4. The lowest BCUT2D eigenvalue weighted by molar-refractivity contribution is -0.141. The van der Waals surface area contributed by atoms with E-state index in [1.165, 1.54) is 31.4 Å². The van der Waals surface area contributed by atoms with Crippen molar-refractivity contribution in [2.45, 2.75) is 31.8 Å². The average Bonchev–Trinajstić information content (AvgIpc) is 2.37. The van der Waals surface area contributed by atoms with Crippen LogP contribution in [0.5, 0.6) is 0 Å². The highest BCUT2D eigenvalue weighted by Gasteiger charge is 2.19. The Morgan fingerprint density at radius 1 is 1.30 bits per heavy atom. The number of nitrogens with one attached hydrogen (secondary N) is 1. The highest BCUT2D eigenvalue weighted by molar-refractivity contribution is 5.78. The Morgan fingerprint density at radius 2 is 1.90 bits per heavy atom. The molecular formula is C14H19FN2O3. The molecule has 1 rings (SSSR count). The van der Waals surface area contributed by atoms with E-state index >= 15 is 0 Å². The van der Waals surface area contributed by atoms with Crippen molar-refractivity contribution in [1.29, 1.82) is 0 Å². The topological polar surface area (TPSA) is 81.4 Å². The zero-order valence-corrected chi connectivity index (χ0v) is 11.6. The van der Waals surface area contributed by atoms with Gasteiger partial charge in [0, 0.05) is 12.5 Å². The molecule has 1 amide bonds. The predicted octanol–water partition coefficient (Wildman–Crippen LogP) is 1.28. The number of halogens is 1. The van der Waals surface area contributed by atoms with Gasteiger partial charge in [0.05, 0.1) is 19.6 Å². The van der Waals surface area contributed by atoms with Crippen molar-refractivity contribution in [2.24, 2.45) is 5.73 Å². The van der Waals surface area contributed by atoms with Gasteiger partial charge in [-0.15, -0.1) is 0 Å². The van der Waals surface area contributed by atoms with Crippen molar-refractivity contribution in [3.8, 4) is 0 Å². The molecule has 3 N–H and O–H groups in total. The molecule has 0 aliphatic carbocycles. The van der Waals surface area contributed by atoms with Crippen LogP contribution < -0.4 is 11.1 Å². The lowest BCUT2D eigenvalue weighted by atomic mass is 10.0. The molecule has 1 aromatic rings. The van der Waals surface area contributed by atoms with E-state index in [0.29, 0.717) is 5.56 Å². The van der Waals surface area contributed by atoms with E-state index in [0.717, 1.165) is 0 Å². The summed E-state index contributed by atoms with van der Waals surface area (Å²) < 4.78 is 17.5. The average molecular weight is 282 g/mol. The number of esters is 1. The Kier molecular flexibility index (Phi) is 6.11. The molecule has 0 bridgehead atoms. The van der Waals surface area contributed by atoms with E-state index in [1.807, 2.05) is 0 Å². The van der Waals surface area contributed by atoms with Gasteiger partial charge in [0.1, 0.15) is 5.82 Å². The molecule has 0 spiro atoms. The quantitative estimate of drug-likeness (QED) is 0.770. The SMILES string of the molecule is COC(=O)CC(NC(=O)CC(C)N)c1ccc(F)cc1. The van der Waals surface area contributed by atoms with Crippen LogP contribution in [0.15, 0.2) is 24.3 Å². The molecule has 0 saturated heterocycles. The first kappa shape index (κ1) is 16.1. The van der Waals surface area contributed by atoms with E-state index in [-0.39, 0.29) is 30.6 Å². The molecule has 0 saturated carbocycles. The highest BCUT2D eigenvalue weighted by atomic mass is 19.1. The molecule has 6 heteroatoms. The van der Waals surface area contributed by atoms with Crippen LogP contribution in [0.25, 0.3) is 0 Å². The number of carbonyl (C=O) groups is 2. The second-order valence-electron chi connectivity index (χ2n) is 4.63. The summed E-state index contributed by atoms with van der Waals surface area (Å²) in [5.74, 6) is -1.11. The fraction of sp³-hybridized carbons (Fsp3) is 0.429. The molecule has 0 heterocycles. The fourth-order valence-corrected chi connectivity index (χ4v) is 1.74. The summed E-state index contributed by atoms with van der Waals surface area (Å²) in [6, 6.07) is 4.76. The molecule has 5 nitrogen and oxygen atoms in total. The largest absolute Gasteiger partial charge is 0.469 e. The second kappa shape index (κ2) is 7.59. The summed E-state index contributed by atoms with van der Waals surface area (Å²) in [6.07, 6.45) is 0.131. The molecule has 0 fully saturated rings. The smallest absolute Gasteiger partial charge is 0.307 e. The van der Waals surface area contributed by atoms with Crippen LogP contribution in [0, 0.1) is 5.82 Å². The Balaban J connectivity index is 2.82. The van der Waals surface area contributed by atoms with Gasteiger partial charge in [-0.2, -0.15) is 0 Å². The predicted molar refractivity (Wildman–Crippen MR) is 72.2 cm³/mol. The Labute approximate surface area is 117 Å². The first-order valence-corrected chi connectivity index (χ1v) is 6.29. The maximum atomic E-state index is 12.9. The molecule has 0 aromatic heterocycles. The van der Waals surface area contributed by atoms with Gasteiger partial charge >= 0.3 is 5.97 Å². The molecule has 20 heavy (non-hydrogen) atoms. The second-order valence-corrected chi connectivity index (χ2v) is 4.63. The lowest BCUT2D eigenvalue weighted by Gasteiger charge is -2.19. The van der Waals surface area contributed by atoms with Crippen LogP contribution in [0.3, 0.4) is 0 Å². The molecule has 2 atom stereocenters. The third-order valence-corrected chi connectivity index (χ3v) is 2.71. The van der Waals surface area contributed by atoms with Crippen molar-refractivity contribution >= 4 is 11.9 Å². The van der Waals surface area contributed by atoms with Crippen molar-refractivity contribution in [3.63, 3.8) is 0 Å². The van der Waals surface area contributed by atoms with Crippen molar-refractivity contribution in [1.82, 2.24) is 5.32 Å². The maximum Gasteiger partial charge on any atom is 0.307 e. The molecule has 0 aliphatic rings. The summed E-state index contributed by atoms with van der Waals surface area (Å²) in [5.41, 5.74) is 6.19. The monoisotopic (exact) mass is 282 g/mol. The number of benzene rings is 1. The van der Waals surface area contributed by atoms with Gasteiger partial charge in [-0.3, -0.25) is 9.59 Å². The summed E-state index contributed by atoms with van der Waals surface area (Å²) >= 11 is 0. The van der Waals surface area contributed by atoms with Gasteiger partial charge in [-0.05, 0) is 24.6 Å². The third-order valence-electron chi connectivity index (χ3n) is 2.71. The van der Waals surface area contributed by atoms with Crippen LogP contribution in [0.1, 0.15) is 31.4 Å². The van der Waals surface area contributed by atoms with Gasteiger partial charge in [-0.25, -0.2) is 4.39 Å². The molecule has 0 radical (unpaired) electrons. The van der Waals surface area contributed by atoms with E-state index < -0.39 is 12.0 Å². The minimum atomic E-state index is -0.561. The highest BCUT2D eigenvalue weighted by Crippen LogP contribution is 2.18. The van der Waals surface area contributed by atoms with Crippen LogP contribution in [-0.2, 0) is 14.3 Å². The minimum Gasteiger partial charge on any atom is -0.469 e. The first-order valence-electron chi connectivity index (χ1n) is 6.29. The summed E-state index contributed by atoms with van der Waals surface area (Å²) in [7, 11) is 1.27. The lowest BCUT2D eigenvalue weighted by Crippen LogP contribution is -2.34. The summed E-state index contributed by atoms with van der Waals surface area (Å²) in [4.78, 5) is 23.2. The molecule has 2 unspecified atom stereocenters. The number of rotatable bonds is 6. The molecule has 0 aliphatic heterocycles. The Hall–Kier alpha value is -1.95. The van der Waals surface area contributed by atoms with Gasteiger partial charge in [0.15, 0.2) is 0 Å². The number of nitrogens with two attached hydrogens (primary N) is 1. The van der Waals surface area contributed by atoms with Gasteiger partial charge in [0.25, 0.3) is 0 Å². The Bertz CT molecular complexity index is 460. The van der Waals surface area contributed by atoms with Gasteiger partial charge < -0.3 is 15.8 Å². The van der Waals surface area contributed by atoms with Crippen LogP contribution in [0.4, 0.5) is 4.39 Å². The maximum absolute atomic E-state index is 12.9. The minimum absolute atomic E-state index is 0.0210. The number of methoxy groups -OCH3 is 1. The Morgan fingerprint density at radius 3 is 2.40 bits per heavy atom. The molecular weight excluding hydrogens is 263 g/mol. The standard InChI is InChI=1S/C14H19FN2O3/c1-9(16)7-13(18)17-12(8-14(19)20-2)10-3-5-11(15)6-4-10/h3-6,9,12H,7-8,16H2,1-2H3,(H,17,18). The van der Waals surface area contributed by atoms with Crippen LogP contribution >= 0.6 is 0 Å². The van der Waals surface area contributed by atoms with Crippen molar-refractivity contribution in [3.05, 3.63) is 35.6 Å². The van der Waals surface area contributed by atoms with E-state index in [9.17, 15) is 14.0 Å². The number of amides is 1. The van der Waals surface area contributed by atoms with Crippen molar-refractivity contribution in [2.75, 3.05) is 7.11 Å². The number of carbonyl (C=O) groups excluding carboxylic acids is 2. The van der Waals surface area contributed by atoms with Crippen LogP contribution in [-0.4, -0.2) is 25.0 Å². The van der Waals surface area contributed by atoms with E-state index in [2.05, 4.69) is 10.1 Å². The van der Waals surface area contributed by atoms with Gasteiger partial charge in [0.2, 0.25) is 5.91 Å². The first-order chi connectivity index (χ1) is 9.42. The number of hydrogen-bond acceptors (Lipinski definition) is 4. The van der Waals surface area contributed by atoms with E-state index in [1.54, 1.807) is 6.92 Å². The van der Waals surface area contributed by atoms with Gasteiger partial charge in [-0.1, -0.05) is 12.1 Å². The van der Waals surface area contributed by atoms with Crippen LogP contribution in [0.2, 0.25) is 0 Å². The summed E-state index contributed by atoms with van der Waals surface area (Å²) in [6.45, 7) is 1.72. The summed E-state index contributed by atoms with van der Waals surface area (Å²) in [5, 5.41) is 2.71. The third kappa shape index (κ3) is 5.36. The number of hydrogen-bond donors (Lipinski definition) is 2. The molecule has 110 valence electrons. The zero-order valence-electron chi connectivity index (χ0n) is 11.6.